The molecule has 2 rings (SSSR count). The smallest absolute Gasteiger partial charge is 0.195 e. The van der Waals surface area contributed by atoms with Gasteiger partial charge in [0, 0.05) is 17.7 Å². The lowest BCUT2D eigenvalue weighted by atomic mass is 9.94. The number of aromatic amines is 1. The summed E-state index contributed by atoms with van der Waals surface area (Å²) in [7, 11) is 0. The SMILES string of the molecule is CCCc1n[nH]c(=S)n1C1CCC(SC)CC1. The second kappa shape index (κ2) is 6.05. The van der Waals surface area contributed by atoms with Gasteiger partial charge in [0.2, 0.25) is 0 Å². The van der Waals surface area contributed by atoms with E-state index in [0.717, 1.165) is 28.7 Å². The van der Waals surface area contributed by atoms with Crippen molar-refractivity contribution in [2.45, 2.75) is 56.7 Å². The van der Waals surface area contributed by atoms with Crippen molar-refractivity contribution in [2.75, 3.05) is 6.26 Å². The maximum atomic E-state index is 5.37. The molecule has 0 amide bonds. The van der Waals surface area contributed by atoms with Gasteiger partial charge >= 0.3 is 0 Å². The topological polar surface area (TPSA) is 33.6 Å². The predicted octanol–water partition coefficient (Wildman–Crippen LogP) is 3.74. The first-order chi connectivity index (χ1) is 8.26. The van der Waals surface area contributed by atoms with Crippen LogP contribution in [0, 0.1) is 4.77 Å². The number of rotatable bonds is 4. The fourth-order valence-corrected chi connectivity index (χ4v) is 3.70. The van der Waals surface area contributed by atoms with Gasteiger partial charge in [-0.3, -0.25) is 5.10 Å². The number of thioether (sulfide) groups is 1. The highest BCUT2D eigenvalue weighted by Gasteiger charge is 2.23. The number of aryl methyl sites for hydroxylation is 1. The third-order valence-corrected chi connectivity index (χ3v) is 5.02. The molecule has 0 unspecified atom stereocenters. The van der Waals surface area contributed by atoms with Crippen molar-refractivity contribution in [1.82, 2.24) is 14.8 Å². The number of aromatic nitrogens is 3. The van der Waals surface area contributed by atoms with E-state index in [9.17, 15) is 0 Å². The Labute approximate surface area is 112 Å². The number of hydrogen-bond donors (Lipinski definition) is 1. The van der Waals surface area contributed by atoms with Crippen LogP contribution in [0.5, 0.6) is 0 Å². The molecule has 0 saturated heterocycles. The summed E-state index contributed by atoms with van der Waals surface area (Å²) in [4.78, 5) is 0. The summed E-state index contributed by atoms with van der Waals surface area (Å²) in [5.74, 6) is 1.14. The third-order valence-electron chi connectivity index (χ3n) is 3.59. The van der Waals surface area contributed by atoms with Crippen LogP contribution in [0.4, 0.5) is 0 Å². The number of H-pyrrole nitrogens is 1. The zero-order valence-electron chi connectivity index (χ0n) is 10.6. The number of hydrogen-bond acceptors (Lipinski definition) is 3. The number of nitrogens with one attached hydrogen (secondary N) is 1. The van der Waals surface area contributed by atoms with E-state index in [0.29, 0.717) is 6.04 Å². The first kappa shape index (κ1) is 13.1. The Bertz CT molecular complexity index is 402. The molecule has 1 aromatic heterocycles. The lowest BCUT2D eigenvalue weighted by Gasteiger charge is -2.28. The Morgan fingerprint density at radius 1 is 1.41 bits per heavy atom. The van der Waals surface area contributed by atoms with Crippen LogP contribution >= 0.6 is 24.0 Å². The molecule has 1 N–H and O–H groups in total. The molecule has 1 fully saturated rings. The van der Waals surface area contributed by atoms with E-state index in [-0.39, 0.29) is 0 Å². The van der Waals surface area contributed by atoms with Crippen LogP contribution in [0.1, 0.15) is 50.9 Å². The van der Waals surface area contributed by atoms with Crippen LogP contribution in [-0.4, -0.2) is 26.3 Å². The predicted molar refractivity (Wildman–Crippen MR) is 76.2 cm³/mol. The van der Waals surface area contributed by atoms with Gasteiger partial charge in [0.25, 0.3) is 0 Å². The summed E-state index contributed by atoms with van der Waals surface area (Å²) in [6.45, 7) is 2.19. The van der Waals surface area contributed by atoms with Crippen molar-refractivity contribution >= 4 is 24.0 Å². The highest BCUT2D eigenvalue weighted by Crippen LogP contribution is 2.34. The molecule has 0 bridgehead atoms. The van der Waals surface area contributed by atoms with Crippen LogP contribution in [0.25, 0.3) is 0 Å². The molecule has 0 atom stereocenters. The Morgan fingerprint density at radius 3 is 2.71 bits per heavy atom. The first-order valence-electron chi connectivity index (χ1n) is 6.44. The molecule has 0 aromatic carbocycles. The molecule has 0 spiro atoms. The largest absolute Gasteiger partial charge is 0.301 e. The average Bonchev–Trinajstić information content (AvgIpc) is 2.71. The summed E-state index contributed by atoms with van der Waals surface area (Å²) in [5.41, 5.74) is 0. The fourth-order valence-electron chi connectivity index (χ4n) is 2.65. The Morgan fingerprint density at radius 2 is 2.12 bits per heavy atom. The van der Waals surface area contributed by atoms with Gasteiger partial charge in [-0.25, -0.2) is 0 Å². The summed E-state index contributed by atoms with van der Waals surface area (Å²) in [5, 5.41) is 8.16. The molecule has 1 aromatic rings. The van der Waals surface area contributed by atoms with Gasteiger partial charge in [-0.05, 0) is 50.6 Å². The van der Waals surface area contributed by atoms with Crippen molar-refractivity contribution in [1.29, 1.82) is 0 Å². The third kappa shape index (κ3) is 2.94. The molecule has 1 aliphatic rings. The van der Waals surface area contributed by atoms with E-state index in [2.05, 4.69) is 27.9 Å². The van der Waals surface area contributed by atoms with Gasteiger partial charge in [-0.2, -0.15) is 16.9 Å². The van der Waals surface area contributed by atoms with Gasteiger partial charge in [-0.15, -0.1) is 0 Å². The van der Waals surface area contributed by atoms with E-state index >= 15 is 0 Å². The van der Waals surface area contributed by atoms with Gasteiger partial charge in [0.05, 0.1) is 0 Å². The maximum absolute atomic E-state index is 5.37. The molecule has 1 heterocycles. The van der Waals surface area contributed by atoms with E-state index < -0.39 is 0 Å². The second-order valence-corrected chi connectivity index (χ2v) is 6.26. The molecular weight excluding hydrogens is 250 g/mol. The fraction of sp³-hybridized carbons (Fsp3) is 0.833. The minimum absolute atomic E-state index is 0.575. The van der Waals surface area contributed by atoms with Gasteiger partial charge in [0.1, 0.15) is 5.82 Å². The van der Waals surface area contributed by atoms with Crippen LogP contribution < -0.4 is 0 Å². The molecule has 0 aliphatic heterocycles. The molecule has 0 radical (unpaired) electrons. The van der Waals surface area contributed by atoms with Crippen LogP contribution in [0.15, 0.2) is 0 Å². The normalized spacial score (nSPS) is 25.1. The molecule has 96 valence electrons. The lowest BCUT2D eigenvalue weighted by Crippen LogP contribution is -2.21. The highest BCUT2D eigenvalue weighted by atomic mass is 32.2. The average molecular weight is 271 g/mol. The van der Waals surface area contributed by atoms with Gasteiger partial charge in [-0.1, -0.05) is 6.92 Å². The van der Waals surface area contributed by atoms with Crippen LogP contribution in [0.3, 0.4) is 0 Å². The zero-order chi connectivity index (χ0) is 12.3. The monoisotopic (exact) mass is 271 g/mol. The standard InChI is InChI=1S/C12H21N3S2/c1-3-4-11-13-14-12(16)15(11)9-5-7-10(17-2)8-6-9/h9-10H,3-8H2,1-2H3,(H,14,16). The van der Waals surface area contributed by atoms with Gasteiger partial charge < -0.3 is 4.57 Å². The molecule has 1 saturated carbocycles. The van der Waals surface area contributed by atoms with Crippen LogP contribution in [0.2, 0.25) is 0 Å². The lowest BCUT2D eigenvalue weighted by molar-refractivity contribution is 0.348. The summed E-state index contributed by atoms with van der Waals surface area (Å²) in [6.07, 6.45) is 9.48. The van der Waals surface area contributed by atoms with Gasteiger partial charge in [0.15, 0.2) is 4.77 Å². The van der Waals surface area contributed by atoms with Crippen molar-refractivity contribution in [3.8, 4) is 0 Å². The molecule has 5 heteroatoms. The first-order valence-corrected chi connectivity index (χ1v) is 8.14. The Hall–Kier alpha value is -0.290. The summed E-state index contributed by atoms with van der Waals surface area (Å²) in [6, 6.07) is 0.575. The Kier molecular flexibility index (Phi) is 4.68. The van der Waals surface area contributed by atoms with E-state index in [4.69, 9.17) is 12.2 Å². The van der Waals surface area contributed by atoms with Crippen molar-refractivity contribution < 1.29 is 0 Å². The molecule has 17 heavy (non-hydrogen) atoms. The van der Waals surface area contributed by atoms with E-state index in [1.165, 1.54) is 25.7 Å². The van der Waals surface area contributed by atoms with Crippen molar-refractivity contribution in [2.24, 2.45) is 0 Å². The summed E-state index contributed by atoms with van der Waals surface area (Å²) < 4.78 is 3.08. The van der Waals surface area contributed by atoms with Crippen molar-refractivity contribution in [3.63, 3.8) is 0 Å². The quantitative estimate of drug-likeness (QED) is 0.847. The molecular formula is C12H21N3S2. The van der Waals surface area contributed by atoms with E-state index in [1.54, 1.807) is 0 Å². The highest BCUT2D eigenvalue weighted by molar-refractivity contribution is 7.99. The maximum Gasteiger partial charge on any atom is 0.195 e. The van der Waals surface area contributed by atoms with E-state index in [1.807, 2.05) is 11.8 Å². The zero-order valence-corrected chi connectivity index (χ0v) is 12.2. The second-order valence-electron chi connectivity index (χ2n) is 4.73. The molecule has 1 aliphatic carbocycles. The summed E-state index contributed by atoms with van der Waals surface area (Å²) >= 11 is 7.37. The molecule has 3 nitrogen and oxygen atoms in total. The Balaban J connectivity index is 2.12. The van der Waals surface area contributed by atoms with Crippen molar-refractivity contribution in [3.05, 3.63) is 10.6 Å². The minimum Gasteiger partial charge on any atom is -0.301 e. The van der Waals surface area contributed by atoms with Crippen LogP contribution in [-0.2, 0) is 6.42 Å². The minimum atomic E-state index is 0.575. The number of nitrogens with zero attached hydrogens (tertiary/aromatic N) is 2.